The summed E-state index contributed by atoms with van der Waals surface area (Å²) in [5.41, 5.74) is 8.88. The zero-order valence-corrected chi connectivity index (χ0v) is 49.6. The number of fused-ring (bicyclic) bond motifs is 4. The van der Waals surface area contributed by atoms with Crippen LogP contribution >= 0.6 is 34.4 Å². The van der Waals surface area contributed by atoms with Gasteiger partial charge in [0.25, 0.3) is 0 Å². The van der Waals surface area contributed by atoms with Gasteiger partial charge in [-0.25, -0.2) is 0 Å². The van der Waals surface area contributed by atoms with Crippen molar-refractivity contribution in [2.45, 2.75) is 168 Å². The first-order chi connectivity index (χ1) is 39.1. The highest BCUT2D eigenvalue weighted by Crippen LogP contribution is 2.46. The number of aromatic nitrogens is 2. The number of hydrogen-bond donors (Lipinski definition) is 0. The van der Waals surface area contributed by atoms with Crippen molar-refractivity contribution in [2.75, 3.05) is 13.2 Å². The quantitative estimate of drug-likeness (QED) is 0.0385. The lowest BCUT2D eigenvalue weighted by Crippen LogP contribution is -2.01. The molecule has 0 bridgehead atoms. The van der Waals surface area contributed by atoms with Crippen LogP contribution in [-0.4, -0.2) is 22.0 Å². The second kappa shape index (κ2) is 29.6. The van der Waals surface area contributed by atoms with Gasteiger partial charge in [-0.15, -0.1) is 22.7 Å². The Morgan fingerprint density at radius 1 is 0.316 bits per heavy atom. The van der Waals surface area contributed by atoms with Crippen molar-refractivity contribution in [1.29, 1.82) is 0 Å². The van der Waals surface area contributed by atoms with Gasteiger partial charge in [0.1, 0.15) is 22.5 Å². The molecule has 4 nitrogen and oxygen atoms in total. The molecule has 0 radical (unpaired) electrons. The monoisotopic (exact) mass is 1100 g/mol. The molecule has 3 heterocycles. The van der Waals surface area contributed by atoms with Crippen molar-refractivity contribution in [2.24, 2.45) is 0 Å². The first-order valence-corrected chi connectivity index (χ1v) is 32.8. The zero-order chi connectivity index (χ0) is 53.9. The Labute approximate surface area is 484 Å². The van der Waals surface area contributed by atoms with Gasteiger partial charge in [-0.05, 0) is 117 Å². The first kappa shape index (κ1) is 56.4. The minimum Gasteiger partial charge on any atom is -0.493 e. The van der Waals surface area contributed by atoms with Gasteiger partial charge < -0.3 is 9.47 Å². The molecule has 0 saturated heterocycles. The molecule has 0 N–H and O–H groups in total. The summed E-state index contributed by atoms with van der Waals surface area (Å²) in [4.78, 5) is 4.82. The Morgan fingerprint density at radius 2 is 0.696 bits per heavy atom. The molecule has 0 aliphatic carbocycles. The molecule has 0 spiro atoms. The molecule has 10 aromatic rings. The summed E-state index contributed by atoms with van der Waals surface area (Å²) in [6.07, 6.45) is 31.7. The largest absolute Gasteiger partial charge is 0.493 e. The van der Waals surface area contributed by atoms with Crippen LogP contribution in [0, 0.1) is 0 Å². The Kier molecular flexibility index (Phi) is 21.1. The lowest BCUT2D eigenvalue weighted by molar-refractivity contribution is 0.304. The number of rotatable bonds is 33. The van der Waals surface area contributed by atoms with E-state index < -0.39 is 0 Å². The molecule has 7 aromatic carbocycles. The third-order valence-corrected chi connectivity index (χ3v) is 18.9. The van der Waals surface area contributed by atoms with Crippen LogP contribution in [0.5, 0.6) is 11.5 Å². The summed E-state index contributed by atoms with van der Waals surface area (Å²) in [6, 6.07) is 53.7. The van der Waals surface area contributed by atoms with Crippen LogP contribution < -0.4 is 9.47 Å². The first-order valence-electron chi connectivity index (χ1n) is 30.5. The SMILES string of the molecule is CCCCCCCCCCCCCCOc1cc(-c2ccc(-c3ccc(-c4ccc(-c5ccc6ccccc6c5)s4)c4nsnc34)s2)cc2c(OCCCCCCCCCCCCCC)cc(-c3ccc4ccccc4c3)cc12. The van der Waals surface area contributed by atoms with Crippen LogP contribution in [0.1, 0.15) is 168 Å². The van der Waals surface area contributed by atoms with Crippen LogP contribution in [-0.2, 0) is 0 Å². The van der Waals surface area contributed by atoms with E-state index in [2.05, 4.69) is 159 Å². The minimum atomic E-state index is 0.691. The van der Waals surface area contributed by atoms with E-state index in [1.165, 1.54) is 205 Å². The molecule has 0 aliphatic rings. The van der Waals surface area contributed by atoms with Gasteiger partial charge in [-0.1, -0.05) is 240 Å². The van der Waals surface area contributed by atoms with Crippen molar-refractivity contribution in [3.63, 3.8) is 0 Å². The molecular formula is C72H82N2O2S3. The minimum absolute atomic E-state index is 0.691. The number of hydrogen-bond acceptors (Lipinski definition) is 7. The maximum atomic E-state index is 6.99. The van der Waals surface area contributed by atoms with Crippen LogP contribution in [0.25, 0.3) is 96.2 Å². The number of nitrogens with zero attached hydrogens (tertiary/aromatic N) is 2. The van der Waals surface area contributed by atoms with Gasteiger partial charge >= 0.3 is 0 Å². The number of thiophene rings is 2. The molecule has 7 heteroatoms. The molecule has 79 heavy (non-hydrogen) atoms. The van der Waals surface area contributed by atoms with E-state index in [-0.39, 0.29) is 0 Å². The molecular weight excluding hydrogens is 1020 g/mol. The molecule has 0 saturated carbocycles. The predicted molar refractivity (Wildman–Crippen MR) is 346 cm³/mol. The molecule has 0 atom stereocenters. The molecule has 0 amide bonds. The standard InChI is InChI=1S/C72H82N2O2S3/c1-3-5-7-9-11-13-15-17-19-21-23-29-45-75-65-51-59(57-37-35-53-31-25-27-33-55(53)47-57)49-63-64(65)50-60(52-66(63)76-46-30-24-22-20-18-16-14-12-10-8-6-4-2)68-42-44-70(78-68)62-40-39-61(71-72(62)74-79-73-71)69-43-41-67(77-69)58-38-36-54-32-26-28-34-56(54)48-58/h25-28,31-44,47-52H,3-24,29-30,45-46H2,1-2H3. The summed E-state index contributed by atoms with van der Waals surface area (Å²) in [5.74, 6) is 1.86. The summed E-state index contributed by atoms with van der Waals surface area (Å²) in [5, 5.41) is 7.22. The van der Waals surface area contributed by atoms with Crippen molar-refractivity contribution in [3.05, 3.63) is 146 Å². The normalized spacial score (nSPS) is 11.7. The average Bonchev–Trinajstić information content (AvgIpc) is 4.37. The molecule has 410 valence electrons. The molecule has 0 aliphatic heterocycles. The fourth-order valence-corrected chi connectivity index (χ4v) is 14.1. The Morgan fingerprint density at radius 3 is 1.18 bits per heavy atom. The molecule has 0 fully saturated rings. The van der Waals surface area contributed by atoms with Gasteiger partial charge in [0, 0.05) is 41.4 Å². The van der Waals surface area contributed by atoms with E-state index in [9.17, 15) is 0 Å². The molecule has 0 unspecified atom stereocenters. The number of ether oxygens (including phenoxy) is 2. The Bertz CT molecular complexity index is 3490. The van der Waals surface area contributed by atoms with Crippen LogP contribution in [0.2, 0.25) is 0 Å². The summed E-state index contributed by atoms with van der Waals surface area (Å²) >= 11 is 4.93. The summed E-state index contributed by atoms with van der Waals surface area (Å²) in [6.45, 7) is 5.98. The van der Waals surface area contributed by atoms with Crippen LogP contribution in [0.3, 0.4) is 0 Å². The second-order valence-corrected chi connectivity index (χ2v) is 24.8. The van der Waals surface area contributed by atoms with Crippen LogP contribution in [0.4, 0.5) is 0 Å². The fourth-order valence-electron chi connectivity index (χ4n) is 11.4. The highest BCUT2D eigenvalue weighted by atomic mass is 32.1. The van der Waals surface area contributed by atoms with E-state index in [4.69, 9.17) is 18.2 Å². The van der Waals surface area contributed by atoms with Crippen LogP contribution in [0.15, 0.2) is 146 Å². The Balaban J connectivity index is 0.901. The third-order valence-electron chi connectivity index (χ3n) is 16.1. The van der Waals surface area contributed by atoms with Crippen molar-refractivity contribution in [3.8, 4) is 64.4 Å². The van der Waals surface area contributed by atoms with Crippen molar-refractivity contribution >= 4 is 77.8 Å². The molecule has 3 aromatic heterocycles. The Hall–Kier alpha value is -5.86. The maximum absolute atomic E-state index is 6.99. The highest BCUT2D eigenvalue weighted by molar-refractivity contribution is 7.19. The van der Waals surface area contributed by atoms with E-state index in [0.29, 0.717) is 13.2 Å². The maximum Gasteiger partial charge on any atom is 0.127 e. The van der Waals surface area contributed by atoms with Gasteiger partial charge in [0.05, 0.1) is 24.9 Å². The zero-order valence-electron chi connectivity index (χ0n) is 47.2. The van der Waals surface area contributed by atoms with E-state index in [1.807, 2.05) is 22.7 Å². The average molecular weight is 1100 g/mol. The number of unbranched alkanes of at least 4 members (excludes halogenated alkanes) is 22. The summed E-state index contributed by atoms with van der Waals surface area (Å²) in [7, 11) is 0. The number of benzene rings is 7. The van der Waals surface area contributed by atoms with Gasteiger partial charge in [0.15, 0.2) is 0 Å². The van der Waals surface area contributed by atoms with E-state index in [1.54, 1.807) is 0 Å². The molecule has 10 rings (SSSR count). The van der Waals surface area contributed by atoms with Gasteiger partial charge in [0.2, 0.25) is 0 Å². The topological polar surface area (TPSA) is 44.2 Å². The lowest BCUT2D eigenvalue weighted by atomic mass is 9.96. The van der Waals surface area contributed by atoms with Crippen molar-refractivity contribution in [1.82, 2.24) is 8.75 Å². The smallest absolute Gasteiger partial charge is 0.127 e. The fraction of sp³-hybridized carbons (Fsp3) is 0.389. The van der Waals surface area contributed by atoms with Gasteiger partial charge in [-0.3, -0.25) is 0 Å². The van der Waals surface area contributed by atoms with E-state index >= 15 is 0 Å². The highest BCUT2D eigenvalue weighted by Gasteiger charge is 2.20. The third kappa shape index (κ3) is 15.1. The predicted octanol–water partition coefficient (Wildman–Crippen LogP) is 23.8. The van der Waals surface area contributed by atoms with Gasteiger partial charge in [-0.2, -0.15) is 8.75 Å². The van der Waals surface area contributed by atoms with Crippen molar-refractivity contribution < 1.29 is 9.47 Å². The second-order valence-electron chi connectivity index (χ2n) is 22.1. The lowest BCUT2D eigenvalue weighted by Gasteiger charge is -2.17. The van der Waals surface area contributed by atoms with E-state index in [0.717, 1.165) is 68.4 Å². The summed E-state index contributed by atoms with van der Waals surface area (Å²) < 4.78 is 23.8.